The molecule has 6 heteroatoms. The summed E-state index contributed by atoms with van der Waals surface area (Å²) in [6, 6.07) is 12.7. The van der Waals surface area contributed by atoms with Gasteiger partial charge in [-0.3, -0.25) is 4.98 Å². The fourth-order valence-corrected chi connectivity index (χ4v) is 5.40. The summed E-state index contributed by atoms with van der Waals surface area (Å²) in [5, 5.41) is 11.6. The maximum absolute atomic E-state index is 6.83. The predicted octanol–water partition coefficient (Wildman–Crippen LogP) is 6.43. The average Bonchev–Trinajstić information content (AvgIpc) is 3.43. The van der Waals surface area contributed by atoms with Crippen LogP contribution in [0, 0.1) is 20.8 Å². The molecule has 31 heavy (non-hydrogen) atoms. The number of allylic oxidation sites excluding steroid dienone is 1. The van der Waals surface area contributed by atoms with E-state index in [-0.39, 0.29) is 0 Å². The summed E-state index contributed by atoms with van der Waals surface area (Å²) in [6.45, 7) is 7.15. The molecule has 0 N–H and O–H groups in total. The molecule has 3 heterocycles. The van der Waals surface area contributed by atoms with E-state index in [0.29, 0.717) is 6.54 Å². The Morgan fingerprint density at radius 2 is 1.84 bits per heavy atom. The second kappa shape index (κ2) is 8.06. The number of aryl methyl sites for hydroxylation is 4. The minimum absolute atomic E-state index is 0.707. The molecule has 0 saturated heterocycles. The fraction of sp³-hybridized carbons (Fsp3) is 0.240. The Bertz CT molecular complexity index is 1280. The van der Waals surface area contributed by atoms with Crippen molar-refractivity contribution in [3.8, 4) is 10.6 Å². The van der Waals surface area contributed by atoms with Crippen molar-refractivity contribution >= 4 is 33.5 Å². The van der Waals surface area contributed by atoms with E-state index in [4.69, 9.17) is 16.6 Å². The van der Waals surface area contributed by atoms with Crippen molar-refractivity contribution < 1.29 is 0 Å². The molecular formula is C25H23ClN4S. The summed E-state index contributed by atoms with van der Waals surface area (Å²) in [5.41, 5.74) is 10.1. The van der Waals surface area contributed by atoms with Gasteiger partial charge in [-0.1, -0.05) is 40.6 Å². The summed E-state index contributed by atoms with van der Waals surface area (Å²) in [5.74, 6) is 0. The standard InChI is InChI=1S/C25H23ClN4S/c1-15-11-16(2)20(17(3)12-15)13-30-14-23(28-29-30)19-6-8-21-18(25(19)26)7-9-22(27-21)24-5-4-10-31-24/h4-5,7,9-12,14H,6,8,13H2,1-3H3. The van der Waals surface area contributed by atoms with Crippen LogP contribution in [0.2, 0.25) is 0 Å². The van der Waals surface area contributed by atoms with Crippen LogP contribution in [-0.4, -0.2) is 20.0 Å². The minimum Gasteiger partial charge on any atom is -0.251 e. The van der Waals surface area contributed by atoms with Gasteiger partial charge in [0.1, 0.15) is 5.69 Å². The van der Waals surface area contributed by atoms with Crippen LogP contribution >= 0.6 is 22.9 Å². The van der Waals surface area contributed by atoms with E-state index in [1.54, 1.807) is 11.3 Å². The molecule has 0 bridgehead atoms. The van der Waals surface area contributed by atoms with Crippen LogP contribution < -0.4 is 0 Å². The van der Waals surface area contributed by atoms with Gasteiger partial charge in [0, 0.05) is 11.1 Å². The number of pyridine rings is 1. The lowest BCUT2D eigenvalue weighted by atomic mass is 9.94. The molecule has 1 aromatic carbocycles. The molecule has 1 aliphatic rings. The van der Waals surface area contributed by atoms with Gasteiger partial charge >= 0.3 is 0 Å². The van der Waals surface area contributed by atoms with E-state index >= 15 is 0 Å². The second-order valence-electron chi connectivity index (χ2n) is 8.14. The highest BCUT2D eigenvalue weighted by Gasteiger charge is 2.22. The molecule has 0 spiro atoms. The number of thiophene rings is 1. The monoisotopic (exact) mass is 446 g/mol. The Kier molecular flexibility index (Phi) is 5.24. The summed E-state index contributed by atoms with van der Waals surface area (Å²) in [6.07, 6.45) is 3.67. The number of rotatable bonds is 4. The number of fused-ring (bicyclic) bond motifs is 1. The van der Waals surface area contributed by atoms with Gasteiger partial charge < -0.3 is 0 Å². The van der Waals surface area contributed by atoms with Gasteiger partial charge in [0.15, 0.2) is 0 Å². The first-order chi connectivity index (χ1) is 15.0. The number of nitrogens with zero attached hydrogens (tertiary/aromatic N) is 4. The molecule has 1 aliphatic carbocycles. The number of hydrogen-bond acceptors (Lipinski definition) is 4. The topological polar surface area (TPSA) is 43.6 Å². The van der Waals surface area contributed by atoms with Gasteiger partial charge in [-0.15, -0.1) is 16.4 Å². The Balaban J connectivity index is 1.44. The highest BCUT2D eigenvalue weighted by molar-refractivity contribution is 7.13. The molecule has 4 nitrogen and oxygen atoms in total. The van der Waals surface area contributed by atoms with E-state index in [0.717, 1.165) is 46.1 Å². The molecule has 0 aliphatic heterocycles. The molecule has 5 rings (SSSR count). The van der Waals surface area contributed by atoms with Gasteiger partial charge in [-0.2, -0.15) is 0 Å². The van der Waals surface area contributed by atoms with Gasteiger partial charge in [-0.05, 0) is 73.9 Å². The van der Waals surface area contributed by atoms with E-state index in [9.17, 15) is 0 Å². The molecule has 0 atom stereocenters. The van der Waals surface area contributed by atoms with Crippen molar-refractivity contribution in [1.82, 2.24) is 20.0 Å². The molecular weight excluding hydrogens is 424 g/mol. The molecule has 0 amide bonds. The van der Waals surface area contributed by atoms with Gasteiger partial charge in [-0.25, -0.2) is 4.68 Å². The smallest absolute Gasteiger partial charge is 0.110 e. The molecule has 0 radical (unpaired) electrons. The molecule has 0 saturated carbocycles. The highest BCUT2D eigenvalue weighted by Crippen LogP contribution is 2.39. The van der Waals surface area contributed by atoms with E-state index in [1.165, 1.54) is 27.1 Å². The Labute approximate surface area is 191 Å². The zero-order valence-electron chi connectivity index (χ0n) is 17.8. The molecule has 4 aromatic rings. The summed E-state index contributed by atoms with van der Waals surface area (Å²) >= 11 is 8.53. The summed E-state index contributed by atoms with van der Waals surface area (Å²) in [7, 11) is 0. The van der Waals surface area contributed by atoms with Crippen molar-refractivity contribution in [2.75, 3.05) is 0 Å². The molecule has 0 fully saturated rings. The Hall–Kier alpha value is -2.76. The number of aromatic nitrogens is 4. The van der Waals surface area contributed by atoms with Crippen molar-refractivity contribution in [2.24, 2.45) is 0 Å². The molecule has 3 aromatic heterocycles. The third-order valence-corrected chi connectivity index (χ3v) is 7.19. The van der Waals surface area contributed by atoms with E-state index in [1.807, 2.05) is 10.9 Å². The summed E-state index contributed by atoms with van der Waals surface area (Å²) < 4.78 is 1.91. The fourth-order valence-electron chi connectivity index (χ4n) is 4.34. The largest absolute Gasteiger partial charge is 0.251 e. The van der Waals surface area contributed by atoms with Crippen molar-refractivity contribution in [2.45, 2.75) is 40.2 Å². The quantitative estimate of drug-likeness (QED) is 0.363. The second-order valence-corrected chi connectivity index (χ2v) is 9.46. The van der Waals surface area contributed by atoms with Crippen LogP contribution in [0.4, 0.5) is 0 Å². The van der Waals surface area contributed by atoms with Crippen LogP contribution in [0.1, 0.15) is 45.6 Å². The van der Waals surface area contributed by atoms with Gasteiger partial charge in [0.25, 0.3) is 0 Å². The minimum atomic E-state index is 0.707. The van der Waals surface area contributed by atoms with Crippen LogP contribution in [-0.2, 0) is 13.0 Å². The van der Waals surface area contributed by atoms with Crippen molar-refractivity contribution in [1.29, 1.82) is 0 Å². The lowest BCUT2D eigenvalue weighted by molar-refractivity contribution is 0.645. The number of benzene rings is 1. The Morgan fingerprint density at radius 3 is 2.58 bits per heavy atom. The predicted molar refractivity (Wildman–Crippen MR) is 128 cm³/mol. The SMILES string of the molecule is Cc1cc(C)c(Cn2cc(C3=C(Cl)c4ccc(-c5cccs5)nc4CC3)nn2)c(C)c1. The average molecular weight is 447 g/mol. The van der Waals surface area contributed by atoms with Crippen LogP contribution in [0.5, 0.6) is 0 Å². The van der Waals surface area contributed by atoms with Crippen LogP contribution in [0.25, 0.3) is 21.2 Å². The zero-order valence-corrected chi connectivity index (χ0v) is 19.4. The van der Waals surface area contributed by atoms with Crippen LogP contribution in [0.3, 0.4) is 0 Å². The number of hydrogen-bond donors (Lipinski definition) is 0. The first-order valence-electron chi connectivity index (χ1n) is 10.4. The first kappa shape index (κ1) is 20.2. The first-order valence-corrected chi connectivity index (χ1v) is 11.7. The van der Waals surface area contributed by atoms with Crippen molar-refractivity contribution in [3.63, 3.8) is 0 Å². The number of halogens is 1. The zero-order chi connectivity index (χ0) is 21.5. The van der Waals surface area contributed by atoms with E-state index < -0.39 is 0 Å². The van der Waals surface area contributed by atoms with Gasteiger partial charge in [0.05, 0.1) is 34.0 Å². The third-order valence-electron chi connectivity index (χ3n) is 5.87. The normalized spacial score (nSPS) is 13.5. The van der Waals surface area contributed by atoms with Crippen molar-refractivity contribution in [3.05, 3.63) is 87.2 Å². The third kappa shape index (κ3) is 3.84. The van der Waals surface area contributed by atoms with Gasteiger partial charge in [0.2, 0.25) is 0 Å². The summed E-state index contributed by atoms with van der Waals surface area (Å²) in [4.78, 5) is 6.05. The highest BCUT2D eigenvalue weighted by atomic mass is 35.5. The molecule has 0 unspecified atom stereocenters. The lowest BCUT2D eigenvalue weighted by Gasteiger charge is -2.18. The Morgan fingerprint density at radius 1 is 1.03 bits per heavy atom. The maximum atomic E-state index is 6.83. The lowest BCUT2D eigenvalue weighted by Crippen LogP contribution is -2.06. The van der Waals surface area contributed by atoms with Crippen LogP contribution in [0.15, 0.2) is 48.0 Å². The molecule has 156 valence electrons. The van der Waals surface area contributed by atoms with E-state index in [2.05, 4.69) is 72.9 Å². The maximum Gasteiger partial charge on any atom is 0.110 e.